The SMILES string of the molecule is CCn1cncc1Cn1c(CN2CCC(c3cccc4c3O[C@](C)(c3ccc(Cl)cc3F)O4)CC2)nc2ccccc21. The molecule has 5 aromatic rings. The van der Waals surface area contributed by atoms with Crippen molar-refractivity contribution < 1.29 is 13.9 Å². The lowest BCUT2D eigenvalue weighted by atomic mass is 9.88. The molecule has 0 radical (unpaired) electrons. The molecule has 42 heavy (non-hydrogen) atoms. The predicted molar refractivity (Wildman–Crippen MR) is 160 cm³/mol. The van der Waals surface area contributed by atoms with Crippen LogP contribution >= 0.6 is 11.6 Å². The van der Waals surface area contributed by atoms with Gasteiger partial charge in [-0.2, -0.15) is 0 Å². The molecule has 0 amide bonds. The quantitative estimate of drug-likeness (QED) is 0.204. The molecule has 2 aliphatic heterocycles. The fraction of sp³-hybridized carbons (Fsp3) is 0.333. The fourth-order valence-electron chi connectivity index (χ4n) is 6.39. The summed E-state index contributed by atoms with van der Waals surface area (Å²) in [4.78, 5) is 11.9. The highest BCUT2D eigenvalue weighted by molar-refractivity contribution is 6.30. The zero-order chi connectivity index (χ0) is 28.8. The summed E-state index contributed by atoms with van der Waals surface area (Å²) in [5.74, 6) is 1.04. The van der Waals surface area contributed by atoms with E-state index < -0.39 is 11.6 Å². The number of imidazole rings is 2. The Kier molecular flexibility index (Phi) is 6.91. The van der Waals surface area contributed by atoms with Gasteiger partial charge >= 0.3 is 0 Å². The second kappa shape index (κ2) is 10.7. The zero-order valence-electron chi connectivity index (χ0n) is 23.8. The van der Waals surface area contributed by atoms with Gasteiger partial charge in [-0.25, -0.2) is 14.4 Å². The van der Waals surface area contributed by atoms with Crippen molar-refractivity contribution in [2.24, 2.45) is 0 Å². The number of hydrogen-bond donors (Lipinski definition) is 0. The molecule has 3 aromatic carbocycles. The van der Waals surface area contributed by atoms with Gasteiger partial charge in [-0.05, 0) is 75.2 Å². The highest BCUT2D eigenvalue weighted by Gasteiger charge is 2.43. The first-order valence-electron chi connectivity index (χ1n) is 14.5. The van der Waals surface area contributed by atoms with Crippen LogP contribution in [0.2, 0.25) is 5.02 Å². The van der Waals surface area contributed by atoms with Gasteiger partial charge in [0, 0.05) is 30.3 Å². The van der Waals surface area contributed by atoms with Gasteiger partial charge in [0.05, 0.1) is 41.7 Å². The third-order valence-electron chi connectivity index (χ3n) is 8.62. The molecule has 0 aliphatic carbocycles. The highest BCUT2D eigenvalue weighted by Crippen LogP contribution is 2.49. The minimum atomic E-state index is -1.25. The molecular weight excluding hydrogens is 553 g/mol. The van der Waals surface area contributed by atoms with Gasteiger partial charge in [-0.1, -0.05) is 35.9 Å². The monoisotopic (exact) mass is 585 g/mol. The molecule has 2 aliphatic rings. The van der Waals surface area contributed by atoms with Crippen LogP contribution in [0, 0.1) is 5.82 Å². The van der Waals surface area contributed by atoms with E-state index in [0.29, 0.717) is 28.0 Å². The Balaban J connectivity index is 1.08. The first-order valence-corrected chi connectivity index (χ1v) is 14.9. The molecular formula is C33H33ClFN5O2. The van der Waals surface area contributed by atoms with E-state index in [9.17, 15) is 4.39 Å². The maximum Gasteiger partial charge on any atom is 0.278 e. The summed E-state index contributed by atoms with van der Waals surface area (Å²) in [6, 6.07) is 18.9. The summed E-state index contributed by atoms with van der Waals surface area (Å²) in [5.41, 5.74) is 4.77. The van der Waals surface area contributed by atoms with E-state index in [2.05, 4.69) is 50.2 Å². The van der Waals surface area contributed by atoms with Gasteiger partial charge < -0.3 is 18.6 Å². The minimum Gasteiger partial charge on any atom is -0.444 e. The summed E-state index contributed by atoms with van der Waals surface area (Å²) in [7, 11) is 0. The van der Waals surface area contributed by atoms with Crippen LogP contribution in [0.3, 0.4) is 0 Å². The standard InChI is InChI=1S/C33H33ClFN5O2/c1-3-39-21-36-18-24(39)19-40-29-9-5-4-8-28(29)37-31(40)20-38-15-13-22(14-16-38)25-7-6-10-30-32(25)42-33(2,41-30)26-12-11-23(34)17-27(26)35/h4-12,17-18,21-22H,3,13-16,19-20H2,1-2H3/t33-/m1/s1. The molecule has 0 spiro atoms. The van der Waals surface area contributed by atoms with Crippen molar-refractivity contribution in [3.63, 3.8) is 0 Å². The van der Waals surface area contributed by atoms with Crippen LogP contribution < -0.4 is 9.47 Å². The lowest BCUT2D eigenvalue weighted by Gasteiger charge is -2.32. The molecule has 7 nitrogen and oxygen atoms in total. The van der Waals surface area contributed by atoms with Gasteiger partial charge in [0.15, 0.2) is 11.5 Å². The summed E-state index contributed by atoms with van der Waals surface area (Å²) in [6.45, 7) is 8.17. The van der Waals surface area contributed by atoms with Crippen LogP contribution in [0.1, 0.15) is 55.3 Å². The number of aryl methyl sites for hydroxylation is 1. The van der Waals surface area contributed by atoms with Gasteiger partial charge in [-0.15, -0.1) is 0 Å². The van der Waals surface area contributed by atoms with Crippen molar-refractivity contribution in [2.45, 2.75) is 58.0 Å². The molecule has 1 fully saturated rings. The number of nitrogens with zero attached hydrogens (tertiary/aromatic N) is 5. The fourth-order valence-corrected chi connectivity index (χ4v) is 6.55. The molecule has 0 N–H and O–H groups in total. The van der Waals surface area contributed by atoms with Gasteiger partial charge in [0.25, 0.3) is 5.79 Å². The van der Waals surface area contributed by atoms with Crippen LogP contribution in [0.4, 0.5) is 4.39 Å². The van der Waals surface area contributed by atoms with Crippen LogP contribution in [-0.2, 0) is 25.4 Å². The van der Waals surface area contributed by atoms with Crippen LogP contribution in [0.25, 0.3) is 11.0 Å². The van der Waals surface area contributed by atoms with Crippen molar-refractivity contribution >= 4 is 22.6 Å². The van der Waals surface area contributed by atoms with Crippen molar-refractivity contribution in [1.29, 1.82) is 0 Å². The third kappa shape index (κ3) is 4.82. The molecule has 2 aromatic heterocycles. The van der Waals surface area contributed by atoms with E-state index in [4.69, 9.17) is 26.1 Å². The Bertz CT molecular complexity index is 1760. The Morgan fingerprint density at radius 2 is 1.86 bits per heavy atom. The number of hydrogen-bond acceptors (Lipinski definition) is 5. The Morgan fingerprint density at radius 3 is 2.67 bits per heavy atom. The molecule has 0 saturated carbocycles. The van der Waals surface area contributed by atoms with E-state index >= 15 is 0 Å². The van der Waals surface area contributed by atoms with Crippen molar-refractivity contribution in [2.75, 3.05) is 13.1 Å². The number of halogens is 2. The van der Waals surface area contributed by atoms with Gasteiger partial charge in [0.2, 0.25) is 0 Å². The highest BCUT2D eigenvalue weighted by atomic mass is 35.5. The Hall–Kier alpha value is -3.88. The number of rotatable bonds is 7. The first-order chi connectivity index (χ1) is 20.4. The normalized spacial score (nSPS) is 19.1. The average Bonchev–Trinajstić information content (AvgIpc) is 3.68. The van der Waals surface area contributed by atoms with E-state index in [1.165, 1.54) is 11.8 Å². The van der Waals surface area contributed by atoms with E-state index in [-0.39, 0.29) is 0 Å². The molecule has 1 atom stereocenters. The lowest BCUT2D eigenvalue weighted by molar-refractivity contribution is -0.0712. The van der Waals surface area contributed by atoms with Crippen LogP contribution in [-0.4, -0.2) is 37.1 Å². The molecule has 4 heterocycles. The summed E-state index contributed by atoms with van der Waals surface area (Å²) < 4.78 is 31.9. The summed E-state index contributed by atoms with van der Waals surface area (Å²) in [6.07, 6.45) is 5.80. The van der Waals surface area contributed by atoms with Gasteiger partial charge in [-0.3, -0.25) is 4.90 Å². The van der Waals surface area contributed by atoms with Gasteiger partial charge in [0.1, 0.15) is 11.6 Å². The average molecular weight is 586 g/mol. The molecule has 9 heteroatoms. The number of benzene rings is 3. The number of piperidine rings is 1. The topological polar surface area (TPSA) is 57.3 Å². The summed E-state index contributed by atoms with van der Waals surface area (Å²) >= 11 is 5.99. The largest absolute Gasteiger partial charge is 0.444 e. The molecule has 0 bridgehead atoms. The second-order valence-corrected chi connectivity index (χ2v) is 11.7. The number of likely N-dealkylation sites (tertiary alicyclic amines) is 1. The lowest BCUT2D eigenvalue weighted by Crippen LogP contribution is -2.34. The van der Waals surface area contributed by atoms with E-state index in [1.807, 2.05) is 30.7 Å². The Morgan fingerprint density at radius 1 is 1.02 bits per heavy atom. The second-order valence-electron chi connectivity index (χ2n) is 11.3. The van der Waals surface area contributed by atoms with Crippen molar-refractivity contribution in [1.82, 2.24) is 24.0 Å². The minimum absolute atomic E-state index is 0.315. The number of para-hydroxylation sites is 3. The first kappa shape index (κ1) is 27.0. The van der Waals surface area contributed by atoms with Crippen LogP contribution in [0.5, 0.6) is 11.5 Å². The number of ether oxygens (including phenoxy) is 2. The summed E-state index contributed by atoms with van der Waals surface area (Å²) in [5, 5.41) is 0.339. The third-order valence-corrected chi connectivity index (χ3v) is 8.85. The maximum atomic E-state index is 14.8. The molecule has 216 valence electrons. The molecule has 7 rings (SSSR count). The Labute approximate surface area is 249 Å². The van der Waals surface area contributed by atoms with Crippen molar-refractivity contribution in [3.05, 3.63) is 107 Å². The molecule has 0 unspecified atom stereocenters. The number of fused-ring (bicyclic) bond motifs is 2. The van der Waals surface area contributed by atoms with E-state index in [1.54, 1.807) is 19.1 Å². The zero-order valence-corrected chi connectivity index (χ0v) is 24.5. The molecule has 1 saturated heterocycles. The predicted octanol–water partition coefficient (Wildman–Crippen LogP) is 7.12. The van der Waals surface area contributed by atoms with Crippen molar-refractivity contribution in [3.8, 4) is 11.5 Å². The smallest absolute Gasteiger partial charge is 0.278 e. The number of aromatic nitrogens is 4. The van der Waals surface area contributed by atoms with Crippen LogP contribution in [0.15, 0.2) is 73.2 Å². The van der Waals surface area contributed by atoms with E-state index in [0.717, 1.165) is 68.0 Å². The maximum absolute atomic E-state index is 14.8.